The van der Waals surface area contributed by atoms with E-state index in [-0.39, 0.29) is 11.4 Å². The van der Waals surface area contributed by atoms with Crippen LogP contribution in [0.25, 0.3) is 0 Å². The van der Waals surface area contributed by atoms with Crippen LogP contribution in [0.2, 0.25) is 0 Å². The monoisotopic (exact) mass is 288 g/mol. The van der Waals surface area contributed by atoms with Crippen LogP contribution in [-0.2, 0) is 16.0 Å². The number of rotatable bonds is 3. The number of carbonyl (C=O) groups excluding carboxylic acids is 1. The van der Waals surface area contributed by atoms with Gasteiger partial charge >= 0.3 is 5.97 Å². The Bertz CT molecular complexity index is 368. The number of hydrogen-bond acceptors (Lipinski definition) is 3. The zero-order valence-electron chi connectivity index (χ0n) is 8.59. The highest BCUT2D eigenvalue weighted by Crippen LogP contribution is 2.45. The zero-order valence-corrected chi connectivity index (χ0v) is 11.0. The molecule has 0 bridgehead atoms. The van der Waals surface area contributed by atoms with Crippen LogP contribution >= 0.6 is 27.3 Å². The summed E-state index contributed by atoms with van der Waals surface area (Å²) >= 11 is 5.14. The lowest BCUT2D eigenvalue weighted by atomic mass is 9.66. The molecule has 2 nitrogen and oxygen atoms in total. The maximum atomic E-state index is 11.7. The average molecular weight is 289 g/mol. The van der Waals surface area contributed by atoms with Crippen LogP contribution in [0.15, 0.2) is 15.9 Å². The summed E-state index contributed by atoms with van der Waals surface area (Å²) in [6, 6.07) is 4.11. The number of esters is 1. The van der Waals surface area contributed by atoms with Crippen LogP contribution in [-0.4, -0.2) is 13.1 Å². The second kappa shape index (κ2) is 4.26. The van der Waals surface area contributed by atoms with Crippen molar-refractivity contribution in [3.8, 4) is 0 Å². The van der Waals surface area contributed by atoms with Gasteiger partial charge in [-0.25, -0.2) is 0 Å². The highest BCUT2D eigenvalue weighted by molar-refractivity contribution is 9.11. The molecule has 0 spiro atoms. The summed E-state index contributed by atoms with van der Waals surface area (Å²) in [5, 5.41) is 0. The van der Waals surface area contributed by atoms with E-state index in [0.29, 0.717) is 0 Å². The summed E-state index contributed by atoms with van der Waals surface area (Å²) in [4.78, 5) is 13.0. The smallest absolute Gasteiger partial charge is 0.312 e. The van der Waals surface area contributed by atoms with E-state index in [1.54, 1.807) is 11.3 Å². The lowest BCUT2D eigenvalue weighted by Crippen LogP contribution is -2.40. The van der Waals surface area contributed by atoms with E-state index in [2.05, 4.69) is 22.0 Å². The van der Waals surface area contributed by atoms with Crippen molar-refractivity contribution in [2.45, 2.75) is 25.7 Å². The standard InChI is InChI=1S/C11H13BrO2S/c1-14-10(13)11(5-2-6-11)7-8-3-4-9(12)15-8/h3-4H,2,5-7H2,1H3. The van der Waals surface area contributed by atoms with E-state index in [0.717, 1.165) is 29.5 Å². The molecule has 1 aromatic rings. The molecule has 1 saturated carbocycles. The van der Waals surface area contributed by atoms with E-state index in [9.17, 15) is 4.79 Å². The summed E-state index contributed by atoms with van der Waals surface area (Å²) in [5.74, 6) is -0.0433. The molecule has 1 heterocycles. The van der Waals surface area contributed by atoms with Gasteiger partial charge in [-0.2, -0.15) is 0 Å². The van der Waals surface area contributed by atoms with Gasteiger partial charge in [-0.3, -0.25) is 4.79 Å². The summed E-state index contributed by atoms with van der Waals surface area (Å²) < 4.78 is 6.01. The van der Waals surface area contributed by atoms with Gasteiger partial charge in [0.1, 0.15) is 0 Å². The zero-order chi connectivity index (χ0) is 10.9. The molecule has 2 rings (SSSR count). The molecule has 1 fully saturated rings. The first-order valence-electron chi connectivity index (χ1n) is 4.99. The van der Waals surface area contributed by atoms with Crippen molar-refractivity contribution in [1.29, 1.82) is 0 Å². The topological polar surface area (TPSA) is 26.3 Å². The molecule has 1 aliphatic rings. The number of ether oxygens (including phenoxy) is 1. The summed E-state index contributed by atoms with van der Waals surface area (Å²) in [5.41, 5.74) is -0.223. The SMILES string of the molecule is COC(=O)C1(Cc2ccc(Br)s2)CCC1. The van der Waals surface area contributed by atoms with Gasteiger partial charge in [0.05, 0.1) is 16.3 Å². The summed E-state index contributed by atoms with van der Waals surface area (Å²) in [6.07, 6.45) is 3.90. The molecular weight excluding hydrogens is 276 g/mol. The lowest BCUT2D eigenvalue weighted by molar-refractivity contribution is -0.158. The van der Waals surface area contributed by atoms with Crippen molar-refractivity contribution >= 4 is 33.2 Å². The van der Waals surface area contributed by atoms with Gasteiger partial charge in [-0.05, 0) is 47.3 Å². The van der Waals surface area contributed by atoms with E-state index in [1.807, 2.05) is 6.07 Å². The van der Waals surface area contributed by atoms with Crippen LogP contribution in [0.3, 0.4) is 0 Å². The Morgan fingerprint density at radius 3 is 2.73 bits per heavy atom. The average Bonchev–Trinajstić information content (AvgIpc) is 2.56. The van der Waals surface area contributed by atoms with Crippen LogP contribution < -0.4 is 0 Å². The fraction of sp³-hybridized carbons (Fsp3) is 0.545. The Morgan fingerprint density at radius 1 is 1.60 bits per heavy atom. The number of methoxy groups -OCH3 is 1. The van der Waals surface area contributed by atoms with E-state index in [4.69, 9.17) is 4.74 Å². The largest absolute Gasteiger partial charge is 0.469 e. The third kappa shape index (κ3) is 2.11. The van der Waals surface area contributed by atoms with Crippen LogP contribution in [0, 0.1) is 5.41 Å². The fourth-order valence-electron chi connectivity index (χ4n) is 2.05. The van der Waals surface area contributed by atoms with Crippen molar-refractivity contribution in [2.24, 2.45) is 5.41 Å². The van der Waals surface area contributed by atoms with Crippen molar-refractivity contribution in [1.82, 2.24) is 0 Å². The van der Waals surface area contributed by atoms with Crippen LogP contribution in [0.4, 0.5) is 0 Å². The van der Waals surface area contributed by atoms with Gasteiger partial charge in [0.25, 0.3) is 0 Å². The minimum atomic E-state index is -0.223. The highest BCUT2D eigenvalue weighted by Gasteiger charge is 2.45. The van der Waals surface area contributed by atoms with E-state index >= 15 is 0 Å². The first-order valence-corrected chi connectivity index (χ1v) is 6.60. The predicted octanol–water partition coefficient (Wildman–Crippen LogP) is 3.40. The lowest BCUT2D eigenvalue weighted by Gasteiger charge is -2.38. The van der Waals surface area contributed by atoms with Gasteiger partial charge in [0.15, 0.2) is 0 Å². The van der Waals surface area contributed by atoms with Gasteiger partial charge in [-0.1, -0.05) is 6.42 Å². The van der Waals surface area contributed by atoms with E-state index < -0.39 is 0 Å². The Hall–Kier alpha value is -0.350. The highest BCUT2D eigenvalue weighted by atomic mass is 79.9. The minimum Gasteiger partial charge on any atom is -0.469 e. The maximum Gasteiger partial charge on any atom is 0.312 e. The third-order valence-corrected chi connectivity index (χ3v) is 4.69. The maximum absolute atomic E-state index is 11.7. The van der Waals surface area contributed by atoms with Crippen molar-refractivity contribution in [3.05, 3.63) is 20.8 Å². The number of carbonyl (C=O) groups is 1. The molecule has 0 unspecified atom stereocenters. The molecule has 0 amide bonds. The molecule has 0 aliphatic heterocycles. The summed E-state index contributed by atoms with van der Waals surface area (Å²) in [6.45, 7) is 0. The minimum absolute atomic E-state index is 0.0433. The van der Waals surface area contributed by atoms with Crippen molar-refractivity contribution in [3.63, 3.8) is 0 Å². The predicted molar refractivity (Wildman–Crippen MR) is 64.0 cm³/mol. The van der Waals surface area contributed by atoms with E-state index in [1.165, 1.54) is 12.0 Å². The quantitative estimate of drug-likeness (QED) is 0.797. The van der Waals surface area contributed by atoms with Crippen molar-refractivity contribution < 1.29 is 9.53 Å². The van der Waals surface area contributed by atoms with Crippen LogP contribution in [0.5, 0.6) is 0 Å². The number of hydrogen-bond donors (Lipinski definition) is 0. The third-order valence-electron chi connectivity index (χ3n) is 3.07. The Balaban J connectivity index is 2.11. The van der Waals surface area contributed by atoms with Crippen molar-refractivity contribution in [2.75, 3.05) is 7.11 Å². The second-order valence-electron chi connectivity index (χ2n) is 4.01. The van der Waals surface area contributed by atoms with Gasteiger partial charge in [-0.15, -0.1) is 11.3 Å². The molecule has 0 aromatic carbocycles. The molecule has 4 heteroatoms. The normalized spacial score (nSPS) is 18.3. The molecule has 0 saturated heterocycles. The van der Waals surface area contributed by atoms with Gasteiger partial charge in [0.2, 0.25) is 0 Å². The Labute approximate surface area is 102 Å². The molecule has 0 N–H and O–H groups in total. The molecule has 0 atom stereocenters. The number of thiophene rings is 1. The Morgan fingerprint density at radius 2 is 2.33 bits per heavy atom. The first-order chi connectivity index (χ1) is 7.16. The Kier molecular flexibility index (Phi) is 3.16. The second-order valence-corrected chi connectivity index (χ2v) is 6.56. The molecule has 1 aliphatic carbocycles. The first kappa shape index (κ1) is 11.1. The summed E-state index contributed by atoms with van der Waals surface area (Å²) in [7, 11) is 1.48. The van der Waals surface area contributed by atoms with Gasteiger partial charge < -0.3 is 4.74 Å². The molecule has 82 valence electrons. The molecule has 0 radical (unpaired) electrons. The molecule has 1 aromatic heterocycles. The molecule has 15 heavy (non-hydrogen) atoms. The number of halogens is 1. The molecular formula is C11H13BrO2S. The van der Waals surface area contributed by atoms with Crippen LogP contribution in [0.1, 0.15) is 24.1 Å². The fourth-order valence-corrected chi connectivity index (χ4v) is 3.68. The van der Waals surface area contributed by atoms with Gasteiger partial charge in [0, 0.05) is 4.88 Å².